The third-order valence-corrected chi connectivity index (χ3v) is 4.20. The summed E-state index contributed by atoms with van der Waals surface area (Å²) in [7, 11) is 0. The molecule has 2 rings (SSSR count). The Labute approximate surface area is 116 Å². The Balaban J connectivity index is 2.01. The molecule has 2 N–H and O–H groups in total. The van der Waals surface area contributed by atoms with E-state index < -0.39 is 6.10 Å². The highest BCUT2D eigenvalue weighted by molar-refractivity contribution is 5.19. The minimum atomic E-state index is -0.401. The third kappa shape index (κ3) is 3.68. The van der Waals surface area contributed by atoms with Crippen LogP contribution in [0.2, 0.25) is 0 Å². The molecule has 1 fully saturated rings. The molecule has 1 heterocycles. The molecule has 104 valence electrons. The molecule has 0 bridgehead atoms. The maximum Gasteiger partial charge on any atom is 0.0943 e. The molecule has 0 spiro atoms. The lowest BCUT2D eigenvalue weighted by atomic mass is 9.84. The minimum absolute atomic E-state index is 0.175. The van der Waals surface area contributed by atoms with Crippen LogP contribution < -0.4 is 5.32 Å². The molecule has 0 radical (unpaired) electrons. The monoisotopic (exact) mass is 259 g/mol. The van der Waals surface area contributed by atoms with E-state index in [4.69, 9.17) is 0 Å². The zero-order chi connectivity index (χ0) is 13.7. The number of allylic oxidation sites excluding steroid dienone is 1. The fourth-order valence-electron chi connectivity index (χ4n) is 2.88. The van der Waals surface area contributed by atoms with Crippen molar-refractivity contribution in [3.63, 3.8) is 0 Å². The summed E-state index contributed by atoms with van der Waals surface area (Å²) in [6.07, 6.45) is 7.20. The number of aliphatic hydroxyl groups excluding tert-OH is 1. The Morgan fingerprint density at radius 2 is 2.05 bits per heavy atom. The Kier molecular flexibility index (Phi) is 5.17. The number of aliphatic hydroxyl groups is 1. The summed E-state index contributed by atoms with van der Waals surface area (Å²) in [5.41, 5.74) is 1.01. The quantitative estimate of drug-likeness (QED) is 0.812. The Bertz CT molecular complexity index is 401. The van der Waals surface area contributed by atoms with Crippen LogP contribution in [0.4, 0.5) is 0 Å². The second-order valence-electron chi connectivity index (χ2n) is 5.59. The number of hydrogen-bond acceptors (Lipinski definition) is 2. The van der Waals surface area contributed by atoms with Crippen molar-refractivity contribution in [3.8, 4) is 0 Å². The van der Waals surface area contributed by atoms with Gasteiger partial charge in [-0.25, -0.2) is 0 Å². The van der Waals surface area contributed by atoms with Gasteiger partial charge in [-0.1, -0.05) is 49.4 Å². The molecule has 19 heavy (non-hydrogen) atoms. The van der Waals surface area contributed by atoms with Gasteiger partial charge >= 0.3 is 0 Å². The second kappa shape index (κ2) is 6.88. The summed E-state index contributed by atoms with van der Waals surface area (Å²) in [6.45, 7) is 4.36. The number of rotatable bonds is 4. The van der Waals surface area contributed by atoms with Gasteiger partial charge in [0.05, 0.1) is 6.10 Å². The average molecular weight is 259 g/mol. The van der Waals surface area contributed by atoms with Crippen molar-refractivity contribution in [2.45, 2.75) is 51.3 Å². The van der Waals surface area contributed by atoms with Crippen molar-refractivity contribution in [2.24, 2.45) is 5.92 Å². The van der Waals surface area contributed by atoms with Gasteiger partial charge in [0.25, 0.3) is 0 Å². The molecule has 0 aromatic heterocycles. The highest BCUT2D eigenvalue weighted by Crippen LogP contribution is 2.28. The molecule has 0 saturated carbocycles. The molecule has 1 saturated heterocycles. The molecule has 1 aromatic carbocycles. The molecule has 4 atom stereocenters. The maximum absolute atomic E-state index is 10.5. The highest BCUT2D eigenvalue weighted by Gasteiger charge is 2.30. The van der Waals surface area contributed by atoms with Crippen LogP contribution >= 0.6 is 0 Å². The zero-order valence-electron chi connectivity index (χ0n) is 11.9. The highest BCUT2D eigenvalue weighted by atomic mass is 16.3. The number of piperidine rings is 1. The summed E-state index contributed by atoms with van der Waals surface area (Å²) < 4.78 is 0. The first-order valence-electron chi connectivity index (χ1n) is 7.32. The predicted molar refractivity (Wildman–Crippen MR) is 79.9 cm³/mol. The second-order valence-corrected chi connectivity index (χ2v) is 5.59. The van der Waals surface area contributed by atoms with Gasteiger partial charge in [0.1, 0.15) is 0 Å². The summed E-state index contributed by atoms with van der Waals surface area (Å²) in [5.74, 6) is 0.676. The van der Waals surface area contributed by atoms with Gasteiger partial charge in [-0.05, 0) is 37.7 Å². The molecule has 0 aliphatic carbocycles. The van der Waals surface area contributed by atoms with Crippen LogP contribution in [0, 0.1) is 5.92 Å². The van der Waals surface area contributed by atoms with Crippen LogP contribution in [0.3, 0.4) is 0 Å². The molecule has 1 unspecified atom stereocenters. The normalized spacial score (nSPS) is 29.5. The van der Waals surface area contributed by atoms with Gasteiger partial charge in [0.15, 0.2) is 0 Å². The predicted octanol–water partition coefficient (Wildman–Crippen LogP) is 3.44. The van der Waals surface area contributed by atoms with Gasteiger partial charge in [-0.2, -0.15) is 0 Å². The van der Waals surface area contributed by atoms with E-state index in [0.717, 1.165) is 18.4 Å². The standard InChI is InChI=1S/C17H25NO/c1-3-4-10-15-13(2)11-12-16(18-15)17(19)14-8-6-5-7-9-14/h3-9,13,15-19H,10-12H2,1-2H3/b4-3-/t13-,15?,16+,17+/m0/s1. The summed E-state index contributed by atoms with van der Waals surface area (Å²) in [4.78, 5) is 0. The van der Waals surface area contributed by atoms with Crippen LogP contribution in [-0.2, 0) is 0 Å². The third-order valence-electron chi connectivity index (χ3n) is 4.20. The Morgan fingerprint density at radius 1 is 1.32 bits per heavy atom. The lowest BCUT2D eigenvalue weighted by molar-refractivity contribution is 0.0876. The molecule has 1 aromatic rings. The SMILES string of the molecule is C/C=C\CC1N[C@@H]([C@H](O)c2ccccc2)CC[C@@H]1C. The topological polar surface area (TPSA) is 32.3 Å². The van der Waals surface area contributed by atoms with Gasteiger partial charge < -0.3 is 10.4 Å². The Morgan fingerprint density at radius 3 is 2.74 bits per heavy atom. The van der Waals surface area contributed by atoms with E-state index in [0.29, 0.717) is 12.0 Å². The smallest absolute Gasteiger partial charge is 0.0943 e. The van der Waals surface area contributed by atoms with Crippen molar-refractivity contribution in [2.75, 3.05) is 0 Å². The first-order valence-corrected chi connectivity index (χ1v) is 7.32. The van der Waals surface area contributed by atoms with Crippen molar-refractivity contribution < 1.29 is 5.11 Å². The summed E-state index contributed by atoms with van der Waals surface area (Å²) in [5, 5.41) is 14.1. The van der Waals surface area contributed by atoms with Gasteiger partial charge in [-0.15, -0.1) is 0 Å². The van der Waals surface area contributed by atoms with Crippen molar-refractivity contribution in [3.05, 3.63) is 48.0 Å². The van der Waals surface area contributed by atoms with E-state index in [9.17, 15) is 5.11 Å². The van der Waals surface area contributed by atoms with Crippen LogP contribution in [-0.4, -0.2) is 17.2 Å². The average Bonchev–Trinajstić information content (AvgIpc) is 2.46. The lowest BCUT2D eigenvalue weighted by Crippen LogP contribution is -2.49. The van der Waals surface area contributed by atoms with Crippen LogP contribution in [0.15, 0.2) is 42.5 Å². The van der Waals surface area contributed by atoms with Crippen LogP contribution in [0.25, 0.3) is 0 Å². The fourth-order valence-corrected chi connectivity index (χ4v) is 2.88. The fraction of sp³-hybridized carbons (Fsp3) is 0.529. The van der Waals surface area contributed by atoms with E-state index in [1.807, 2.05) is 30.3 Å². The van der Waals surface area contributed by atoms with Crippen LogP contribution in [0.1, 0.15) is 44.8 Å². The van der Waals surface area contributed by atoms with Crippen LogP contribution in [0.5, 0.6) is 0 Å². The Hall–Kier alpha value is -1.12. The van der Waals surface area contributed by atoms with E-state index in [1.165, 1.54) is 6.42 Å². The molecule has 2 heteroatoms. The molecule has 2 nitrogen and oxygen atoms in total. The molecular weight excluding hydrogens is 234 g/mol. The van der Waals surface area contributed by atoms with Gasteiger partial charge in [-0.3, -0.25) is 0 Å². The first kappa shape index (κ1) is 14.3. The number of nitrogens with one attached hydrogen (secondary N) is 1. The number of hydrogen-bond donors (Lipinski definition) is 2. The summed E-state index contributed by atoms with van der Waals surface area (Å²) in [6, 6.07) is 10.6. The van der Waals surface area contributed by atoms with Crippen molar-refractivity contribution >= 4 is 0 Å². The van der Waals surface area contributed by atoms with E-state index >= 15 is 0 Å². The largest absolute Gasteiger partial charge is 0.387 e. The molecule has 1 aliphatic rings. The minimum Gasteiger partial charge on any atom is -0.387 e. The maximum atomic E-state index is 10.5. The van der Waals surface area contributed by atoms with E-state index in [1.54, 1.807) is 0 Å². The molecular formula is C17H25NO. The van der Waals surface area contributed by atoms with E-state index in [2.05, 4.69) is 31.3 Å². The van der Waals surface area contributed by atoms with Crippen molar-refractivity contribution in [1.29, 1.82) is 0 Å². The van der Waals surface area contributed by atoms with Crippen molar-refractivity contribution in [1.82, 2.24) is 5.32 Å². The summed E-state index contributed by atoms with van der Waals surface area (Å²) >= 11 is 0. The number of benzene rings is 1. The lowest BCUT2D eigenvalue weighted by Gasteiger charge is -2.37. The molecule has 0 amide bonds. The van der Waals surface area contributed by atoms with Gasteiger partial charge in [0.2, 0.25) is 0 Å². The van der Waals surface area contributed by atoms with E-state index in [-0.39, 0.29) is 6.04 Å². The molecule has 1 aliphatic heterocycles. The van der Waals surface area contributed by atoms with Gasteiger partial charge in [0, 0.05) is 12.1 Å². The first-order chi connectivity index (χ1) is 9.22. The zero-order valence-corrected chi connectivity index (χ0v) is 11.9.